The lowest BCUT2D eigenvalue weighted by molar-refractivity contribution is 0.0176. The van der Waals surface area contributed by atoms with Crippen molar-refractivity contribution < 1.29 is 4.74 Å². The lowest BCUT2D eigenvalue weighted by atomic mass is 9.89. The van der Waals surface area contributed by atoms with E-state index in [0.717, 1.165) is 13.1 Å². The highest BCUT2D eigenvalue weighted by Crippen LogP contribution is 2.22. The predicted octanol–water partition coefficient (Wildman–Crippen LogP) is 2.28. The second-order valence-electron chi connectivity index (χ2n) is 5.09. The van der Waals surface area contributed by atoms with Gasteiger partial charge in [0, 0.05) is 32.4 Å². The summed E-state index contributed by atoms with van der Waals surface area (Å²) in [5.74, 6) is 0. The molecule has 3 nitrogen and oxygen atoms in total. The zero-order chi connectivity index (χ0) is 12.8. The quantitative estimate of drug-likeness (QED) is 0.749. The fourth-order valence-electron chi connectivity index (χ4n) is 2.36. The van der Waals surface area contributed by atoms with Crippen LogP contribution < -0.4 is 10.2 Å². The predicted molar refractivity (Wildman–Crippen MR) is 76.2 cm³/mol. The molecule has 0 heterocycles. The summed E-state index contributed by atoms with van der Waals surface area (Å²) in [4.78, 5) is 2.31. The Labute approximate surface area is 110 Å². The van der Waals surface area contributed by atoms with Gasteiger partial charge >= 0.3 is 0 Å². The third-order valence-corrected chi connectivity index (χ3v) is 3.73. The smallest absolute Gasteiger partial charge is 0.0601 e. The minimum atomic E-state index is 0.495. The molecule has 0 saturated heterocycles. The molecule has 1 aromatic rings. The first-order valence-corrected chi connectivity index (χ1v) is 6.82. The standard InChI is InChI=1S/C15H24N2O/c1-17(14-7-4-3-5-8-14)10-6-9-16-13-11-15(12-13)18-2/h3-5,7-8,13,15-16H,6,9-12H2,1-2H3. The van der Waals surface area contributed by atoms with Crippen LogP contribution in [0.2, 0.25) is 0 Å². The maximum absolute atomic E-state index is 5.27. The maximum atomic E-state index is 5.27. The Bertz CT molecular complexity index is 336. The first kappa shape index (κ1) is 13.4. The van der Waals surface area contributed by atoms with Crippen LogP contribution >= 0.6 is 0 Å². The SMILES string of the molecule is COC1CC(NCCCN(C)c2ccccc2)C1. The van der Waals surface area contributed by atoms with Gasteiger partial charge in [0.05, 0.1) is 6.10 Å². The molecule has 18 heavy (non-hydrogen) atoms. The van der Waals surface area contributed by atoms with E-state index in [4.69, 9.17) is 4.74 Å². The summed E-state index contributed by atoms with van der Waals surface area (Å²) >= 11 is 0. The van der Waals surface area contributed by atoms with Crippen LogP contribution in [0.25, 0.3) is 0 Å². The monoisotopic (exact) mass is 248 g/mol. The lowest BCUT2D eigenvalue weighted by Crippen LogP contribution is -2.45. The number of hydrogen-bond donors (Lipinski definition) is 1. The van der Waals surface area contributed by atoms with Gasteiger partial charge in [-0.25, -0.2) is 0 Å². The molecule has 0 unspecified atom stereocenters. The second kappa shape index (κ2) is 6.76. The molecule has 1 saturated carbocycles. The molecule has 0 aliphatic heterocycles. The van der Waals surface area contributed by atoms with Gasteiger partial charge < -0.3 is 15.0 Å². The summed E-state index contributed by atoms with van der Waals surface area (Å²) in [5, 5.41) is 3.58. The van der Waals surface area contributed by atoms with Crippen LogP contribution in [0.1, 0.15) is 19.3 Å². The van der Waals surface area contributed by atoms with E-state index in [1.807, 2.05) is 0 Å². The Kier molecular flexibility index (Phi) is 5.02. The summed E-state index contributed by atoms with van der Waals surface area (Å²) in [6.45, 7) is 2.19. The minimum Gasteiger partial charge on any atom is -0.381 e. The highest BCUT2D eigenvalue weighted by molar-refractivity contribution is 5.44. The van der Waals surface area contributed by atoms with E-state index in [9.17, 15) is 0 Å². The molecule has 1 aliphatic carbocycles. The van der Waals surface area contributed by atoms with Crippen LogP contribution in [-0.4, -0.2) is 39.4 Å². The summed E-state index contributed by atoms with van der Waals surface area (Å²) < 4.78 is 5.27. The first-order valence-electron chi connectivity index (χ1n) is 6.82. The van der Waals surface area contributed by atoms with Gasteiger partial charge in [-0.1, -0.05) is 18.2 Å². The Morgan fingerprint density at radius 2 is 2.00 bits per heavy atom. The van der Waals surface area contributed by atoms with E-state index in [-0.39, 0.29) is 0 Å². The number of para-hydroxylation sites is 1. The normalized spacial score (nSPS) is 22.6. The van der Waals surface area contributed by atoms with Crippen molar-refractivity contribution in [3.05, 3.63) is 30.3 Å². The topological polar surface area (TPSA) is 24.5 Å². The van der Waals surface area contributed by atoms with Crippen LogP contribution in [0.4, 0.5) is 5.69 Å². The first-order chi connectivity index (χ1) is 8.79. The van der Waals surface area contributed by atoms with Crippen LogP contribution in [0.5, 0.6) is 0 Å². The largest absolute Gasteiger partial charge is 0.381 e. The van der Waals surface area contributed by atoms with E-state index in [0.29, 0.717) is 12.1 Å². The van der Waals surface area contributed by atoms with Gasteiger partial charge in [-0.3, -0.25) is 0 Å². The maximum Gasteiger partial charge on any atom is 0.0601 e. The molecule has 1 fully saturated rings. The van der Waals surface area contributed by atoms with E-state index < -0.39 is 0 Å². The van der Waals surface area contributed by atoms with E-state index in [1.165, 1.54) is 24.9 Å². The average Bonchev–Trinajstić information content (AvgIpc) is 2.37. The Balaban J connectivity index is 1.56. The number of anilines is 1. The number of nitrogens with one attached hydrogen (secondary N) is 1. The fourth-order valence-corrected chi connectivity index (χ4v) is 2.36. The van der Waals surface area contributed by atoms with Gasteiger partial charge in [0.15, 0.2) is 0 Å². The number of rotatable bonds is 7. The van der Waals surface area contributed by atoms with Crippen LogP contribution in [-0.2, 0) is 4.74 Å². The molecule has 0 aromatic heterocycles. The van der Waals surface area contributed by atoms with Crippen LogP contribution in [0.3, 0.4) is 0 Å². The third-order valence-electron chi connectivity index (χ3n) is 3.73. The van der Waals surface area contributed by atoms with Gasteiger partial charge in [-0.15, -0.1) is 0 Å². The van der Waals surface area contributed by atoms with Crippen LogP contribution in [0.15, 0.2) is 30.3 Å². The second-order valence-corrected chi connectivity index (χ2v) is 5.09. The number of ether oxygens (including phenoxy) is 1. The van der Waals surface area contributed by atoms with Crippen molar-refractivity contribution in [1.82, 2.24) is 5.32 Å². The van der Waals surface area contributed by atoms with Crippen molar-refractivity contribution in [3.63, 3.8) is 0 Å². The van der Waals surface area contributed by atoms with Crippen molar-refractivity contribution in [3.8, 4) is 0 Å². The summed E-state index contributed by atoms with van der Waals surface area (Å²) in [6, 6.07) is 11.2. The number of benzene rings is 1. The molecule has 0 amide bonds. The number of hydrogen-bond acceptors (Lipinski definition) is 3. The molecule has 100 valence electrons. The summed E-state index contributed by atoms with van der Waals surface area (Å²) in [6.07, 6.45) is 4.02. The summed E-state index contributed by atoms with van der Waals surface area (Å²) in [7, 11) is 3.95. The molecule has 0 radical (unpaired) electrons. The van der Waals surface area contributed by atoms with Gasteiger partial charge in [0.2, 0.25) is 0 Å². The zero-order valence-corrected chi connectivity index (χ0v) is 11.4. The van der Waals surface area contributed by atoms with Crippen molar-refractivity contribution in [2.75, 3.05) is 32.1 Å². The lowest BCUT2D eigenvalue weighted by Gasteiger charge is -2.35. The van der Waals surface area contributed by atoms with Gasteiger partial charge in [-0.05, 0) is 37.9 Å². The van der Waals surface area contributed by atoms with E-state index in [1.54, 1.807) is 7.11 Å². The molecular weight excluding hydrogens is 224 g/mol. The van der Waals surface area contributed by atoms with Gasteiger partial charge in [0.1, 0.15) is 0 Å². The molecule has 1 aromatic carbocycles. The number of nitrogens with zero attached hydrogens (tertiary/aromatic N) is 1. The zero-order valence-electron chi connectivity index (χ0n) is 11.4. The Morgan fingerprint density at radius 1 is 1.28 bits per heavy atom. The highest BCUT2D eigenvalue weighted by Gasteiger charge is 2.27. The van der Waals surface area contributed by atoms with Crippen LogP contribution in [0, 0.1) is 0 Å². The fraction of sp³-hybridized carbons (Fsp3) is 0.600. The molecule has 0 bridgehead atoms. The minimum absolute atomic E-state index is 0.495. The van der Waals surface area contributed by atoms with Crippen molar-refractivity contribution >= 4 is 5.69 Å². The van der Waals surface area contributed by atoms with E-state index in [2.05, 4.69) is 47.6 Å². The molecule has 0 atom stereocenters. The van der Waals surface area contributed by atoms with Crippen molar-refractivity contribution in [2.24, 2.45) is 0 Å². The Morgan fingerprint density at radius 3 is 2.67 bits per heavy atom. The Hall–Kier alpha value is -1.06. The highest BCUT2D eigenvalue weighted by atomic mass is 16.5. The molecule has 1 N–H and O–H groups in total. The molecular formula is C15H24N2O. The molecule has 0 spiro atoms. The number of methoxy groups -OCH3 is 1. The third kappa shape index (κ3) is 3.72. The van der Waals surface area contributed by atoms with Gasteiger partial charge in [0.25, 0.3) is 0 Å². The van der Waals surface area contributed by atoms with E-state index >= 15 is 0 Å². The van der Waals surface area contributed by atoms with Crippen molar-refractivity contribution in [2.45, 2.75) is 31.4 Å². The summed E-state index contributed by atoms with van der Waals surface area (Å²) in [5.41, 5.74) is 1.29. The molecule has 2 rings (SSSR count). The van der Waals surface area contributed by atoms with Crippen molar-refractivity contribution in [1.29, 1.82) is 0 Å². The molecule has 1 aliphatic rings. The van der Waals surface area contributed by atoms with Gasteiger partial charge in [-0.2, -0.15) is 0 Å². The average molecular weight is 248 g/mol. The molecule has 3 heteroatoms.